The molecule has 1 aromatic heterocycles. The van der Waals surface area contributed by atoms with E-state index in [1.807, 2.05) is 0 Å². The number of ether oxygens (including phenoxy) is 1. The molecule has 1 unspecified atom stereocenters. The molecule has 7 N–H and O–H groups in total. The molecule has 4 rings (SSSR count). The van der Waals surface area contributed by atoms with Crippen LogP contribution in [0.2, 0.25) is 0 Å². The lowest BCUT2D eigenvalue weighted by atomic mass is 9.99. The largest absolute Gasteiger partial charge is 0.504 e. The smallest absolute Gasteiger partial charge is 0.236 e. The van der Waals surface area contributed by atoms with Crippen LogP contribution < -0.4 is 16.2 Å². The second-order valence-corrected chi connectivity index (χ2v) is 7.75. The van der Waals surface area contributed by atoms with E-state index in [2.05, 4.69) is 9.97 Å². The van der Waals surface area contributed by atoms with Gasteiger partial charge in [0.05, 0.1) is 29.7 Å². The van der Waals surface area contributed by atoms with Crippen molar-refractivity contribution < 1.29 is 14.6 Å². The van der Waals surface area contributed by atoms with Crippen LogP contribution in [0.1, 0.15) is 18.4 Å². The first-order valence-corrected chi connectivity index (χ1v) is 10.2. The number of likely N-dealkylation sites (tertiary alicyclic amines) is 1. The number of phenols is 1. The van der Waals surface area contributed by atoms with Gasteiger partial charge in [0.15, 0.2) is 11.5 Å². The molecule has 1 saturated heterocycles. The number of imidazole rings is 1. The minimum Gasteiger partial charge on any atom is -0.504 e. The summed E-state index contributed by atoms with van der Waals surface area (Å²) in [7, 11) is 0. The lowest BCUT2D eigenvalue weighted by Crippen LogP contribution is -2.44. The van der Waals surface area contributed by atoms with Gasteiger partial charge in [0.2, 0.25) is 5.91 Å². The summed E-state index contributed by atoms with van der Waals surface area (Å²) in [6.45, 7) is 1.75. The number of nitrogen functional groups attached to an aromatic ring is 1. The van der Waals surface area contributed by atoms with Crippen molar-refractivity contribution >= 4 is 22.8 Å². The highest BCUT2D eigenvalue weighted by atomic mass is 16.5. The van der Waals surface area contributed by atoms with Crippen LogP contribution in [0.25, 0.3) is 22.4 Å². The fourth-order valence-electron chi connectivity index (χ4n) is 3.90. The number of benzene rings is 2. The molecule has 31 heavy (non-hydrogen) atoms. The van der Waals surface area contributed by atoms with Gasteiger partial charge in [-0.25, -0.2) is 4.98 Å². The second-order valence-electron chi connectivity index (χ2n) is 7.75. The first-order valence-electron chi connectivity index (χ1n) is 10.2. The van der Waals surface area contributed by atoms with Crippen LogP contribution in [-0.4, -0.2) is 58.0 Å². The molecular formula is C22H26N6O3. The predicted octanol–water partition coefficient (Wildman–Crippen LogP) is 1.80. The van der Waals surface area contributed by atoms with E-state index in [0.29, 0.717) is 41.4 Å². The zero-order valence-corrected chi connectivity index (χ0v) is 17.1. The number of amidine groups is 1. The van der Waals surface area contributed by atoms with Crippen LogP contribution >= 0.6 is 0 Å². The number of phenolic OH excluding ortho intramolecular Hbond substituents is 1. The first kappa shape index (κ1) is 20.7. The van der Waals surface area contributed by atoms with Gasteiger partial charge in [-0.2, -0.15) is 0 Å². The summed E-state index contributed by atoms with van der Waals surface area (Å²) in [6.07, 6.45) is 1.86. The Hall–Kier alpha value is -3.59. The maximum Gasteiger partial charge on any atom is 0.236 e. The quantitative estimate of drug-likeness (QED) is 0.301. The van der Waals surface area contributed by atoms with E-state index in [-0.39, 0.29) is 30.0 Å². The van der Waals surface area contributed by atoms with Crippen molar-refractivity contribution in [2.24, 2.45) is 17.4 Å². The number of aromatic hydroxyl groups is 1. The van der Waals surface area contributed by atoms with Crippen LogP contribution in [0.15, 0.2) is 36.4 Å². The minimum absolute atomic E-state index is 0.000882. The maximum absolute atomic E-state index is 11.9. The molecule has 9 nitrogen and oxygen atoms in total. The molecule has 1 atom stereocenters. The first-order chi connectivity index (χ1) is 15.0. The Morgan fingerprint density at radius 3 is 2.97 bits per heavy atom. The van der Waals surface area contributed by atoms with Crippen molar-refractivity contribution in [1.29, 1.82) is 5.41 Å². The summed E-state index contributed by atoms with van der Waals surface area (Å²) < 4.78 is 5.92. The van der Waals surface area contributed by atoms with E-state index in [1.165, 1.54) is 0 Å². The van der Waals surface area contributed by atoms with Crippen molar-refractivity contribution in [1.82, 2.24) is 14.9 Å². The number of fused-ring (bicyclic) bond motifs is 1. The number of hydrogen-bond acceptors (Lipinski definition) is 6. The summed E-state index contributed by atoms with van der Waals surface area (Å²) >= 11 is 0. The van der Waals surface area contributed by atoms with Gasteiger partial charge < -0.3 is 31.2 Å². The third-order valence-electron chi connectivity index (χ3n) is 5.57. The maximum atomic E-state index is 11.9. The molecule has 1 aliphatic heterocycles. The summed E-state index contributed by atoms with van der Waals surface area (Å²) in [5.41, 5.74) is 13.6. The average Bonchev–Trinajstić information content (AvgIpc) is 3.21. The Morgan fingerprint density at radius 1 is 1.35 bits per heavy atom. The number of nitrogens with one attached hydrogen (secondary N) is 2. The number of H-pyrrole nitrogens is 1. The zero-order valence-electron chi connectivity index (χ0n) is 17.1. The number of nitrogens with two attached hydrogens (primary N) is 2. The summed E-state index contributed by atoms with van der Waals surface area (Å²) in [5.74, 6) is 0.973. The number of para-hydroxylation sites is 1. The number of hydrogen-bond donors (Lipinski definition) is 5. The third kappa shape index (κ3) is 4.31. The van der Waals surface area contributed by atoms with E-state index < -0.39 is 0 Å². The van der Waals surface area contributed by atoms with Crippen molar-refractivity contribution in [3.8, 4) is 22.9 Å². The molecule has 2 heterocycles. The predicted molar refractivity (Wildman–Crippen MR) is 118 cm³/mol. The SMILES string of the molecule is N=C(N)c1ccc2nc(-c3cccc(OCC4CCCN(C(=O)CN)C4)c3O)[nH]c2c1. The highest BCUT2D eigenvalue weighted by molar-refractivity contribution is 5.98. The molecule has 2 aromatic carbocycles. The van der Waals surface area contributed by atoms with Crippen molar-refractivity contribution in [2.75, 3.05) is 26.2 Å². The Morgan fingerprint density at radius 2 is 2.19 bits per heavy atom. The molecule has 1 aliphatic rings. The fourth-order valence-corrected chi connectivity index (χ4v) is 3.90. The molecular weight excluding hydrogens is 396 g/mol. The van der Waals surface area contributed by atoms with Gasteiger partial charge in [0.1, 0.15) is 11.7 Å². The Labute approximate surface area is 179 Å². The van der Waals surface area contributed by atoms with Crippen LogP contribution in [0.3, 0.4) is 0 Å². The van der Waals surface area contributed by atoms with Crippen molar-refractivity contribution in [2.45, 2.75) is 12.8 Å². The van der Waals surface area contributed by atoms with Gasteiger partial charge in [0.25, 0.3) is 0 Å². The molecule has 1 amide bonds. The summed E-state index contributed by atoms with van der Waals surface area (Å²) in [6, 6.07) is 10.5. The molecule has 9 heteroatoms. The normalized spacial score (nSPS) is 16.4. The Bertz CT molecular complexity index is 1130. The second kappa shape index (κ2) is 8.65. The molecule has 0 radical (unpaired) electrons. The molecule has 0 saturated carbocycles. The van der Waals surface area contributed by atoms with Crippen LogP contribution in [-0.2, 0) is 4.79 Å². The number of carbonyl (C=O) groups excluding carboxylic acids is 1. The monoisotopic (exact) mass is 422 g/mol. The van der Waals surface area contributed by atoms with Crippen LogP contribution in [0.5, 0.6) is 11.5 Å². The zero-order chi connectivity index (χ0) is 22.0. The number of rotatable bonds is 6. The van der Waals surface area contributed by atoms with E-state index in [1.54, 1.807) is 41.3 Å². The fraction of sp³-hybridized carbons (Fsp3) is 0.318. The lowest BCUT2D eigenvalue weighted by molar-refractivity contribution is -0.131. The van der Waals surface area contributed by atoms with Gasteiger partial charge in [-0.15, -0.1) is 0 Å². The van der Waals surface area contributed by atoms with Crippen molar-refractivity contribution in [3.63, 3.8) is 0 Å². The topological polar surface area (TPSA) is 154 Å². The highest BCUT2D eigenvalue weighted by Crippen LogP contribution is 2.37. The van der Waals surface area contributed by atoms with E-state index in [0.717, 1.165) is 24.9 Å². The number of piperidine rings is 1. The number of aromatic nitrogens is 2. The third-order valence-corrected chi connectivity index (χ3v) is 5.57. The average molecular weight is 422 g/mol. The molecule has 0 bridgehead atoms. The summed E-state index contributed by atoms with van der Waals surface area (Å²) in [5, 5.41) is 18.4. The van der Waals surface area contributed by atoms with E-state index in [4.69, 9.17) is 21.6 Å². The van der Waals surface area contributed by atoms with Gasteiger partial charge in [-0.1, -0.05) is 6.07 Å². The van der Waals surface area contributed by atoms with E-state index in [9.17, 15) is 9.90 Å². The van der Waals surface area contributed by atoms with Gasteiger partial charge in [-0.05, 0) is 43.2 Å². The highest BCUT2D eigenvalue weighted by Gasteiger charge is 2.24. The Balaban J connectivity index is 1.51. The molecule has 3 aromatic rings. The minimum atomic E-state index is -0.0487. The number of amides is 1. The molecule has 162 valence electrons. The number of carbonyl (C=O) groups is 1. The number of aromatic amines is 1. The van der Waals surface area contributed by atoms with Gasteiger partial charge in [0, 0.05) is 24.6 Å². The van der Waals surface area contributed by atoms with Gasteiger partial charge >= 0.3 is 0 Å². The standard InChI is InChI=1S/C22H26N6O3/c23-10-19(29)28-8-2-3-13(11-28)12-31-18-5-1-4-15(20(18)30)22-26-16-7-6-14(21(24)25)9-17(16)27-22/h1,4-7,9,13,30H,2-3,8,10-12,23H2,(H3,24,25)(H,26,27). The number of nitrogens with zero attached hydrogens (tertiary/aromatic N) is 2. The van der Waals surface area contributed by atoms with Crippen LogP contribution in [0.4, 0.5) is 0 Å². The van der Waals surface area contributed by atoms with E-state index >= 15 is 0 Å². The summed E-state index contributed by atoms with van der Waals surface area (Å²) in [4.78, 5) is 21.3. The lowest BCUT2D eigenvalue weighted by Gasteiger charge is -2.32. The van der Waals surface area contributed by atoms with Crippen LogP contribution in [0, 0.1) is 11.3 Å². The molecule has 0 spiro atoms. The van der Waals surface area contributed by atoms with Gasteiger partial charge in [-0.3, -0.25) is 10.2 Å². The Kier molecular flexibility index (Phi) is 5.77. The molecule has 1 fully saturated rings. The van der Waals surface area contributed by atoms with Crippen molar-refractivity contribution in [3.05, 3.63) is 42.0 Å². The molecule has 0 aliphatic carbocycles.